The number of carbonyl (C=O) groups excluding carboxylic acids is 1. The molecule has 0 aliphatic carbocycles. The Morgan fingerprint density at radius 2 is 2.41 bits per heavy atom. The molecule has 17 heavy (non-hydrogen) atoms. The van der Waals surface area contributed by atoms with E-state index in [9.17, 15) is 4.79 Å². The van der Waals surface area contributed by atoms with Crippen LogP contribution in [-0.4, -0.2) is 21.8 Å². The van der Waals surface area contributed by atoms with Gasteiger partial charge in [-0.25, -0.2) is 4.98 Å². The summed E-state index contributed by atoms with van der Waals surface area (Å²) in [6.07, 6.45) is 7.02. The Balaban J connectivity index is 1.87. The zero-order valence-corrected chi connectivity index (χ0v) is 9.60. The largest absolute Gasteiger partial charge is 0.353 e. The molecule has 0 aliphatic rings. The topological polar surface area (TPSA) is 46.4 Å². The molecule has 0 aromatic carbocycles. The predicted molar refractivity (Wildman–Crippen MR) is 66.7 cm³/mol. The Morgan fingerprint density at radius 1 is 1.53 bits per heavy atom. The Morgan fingerprint density at radius 3 is 3.18 bits per heavy atom. The first-order chi connectivity index (χ1) is 8.29. The third kappa shape index (κ3) is 2.93. The summed E-state index contributed by atoms with van der Waals surface area (Å²) in [7, 11) is 0. The van der Waals surface area contributed by atoms with Crippen LogP contribution in [-0.2, 0) is 11.2 Å². The van der Waals surface area contributed by atoms with Gasteiger partial charge in [-0.1, -0.05) is 12.6 Å². The average Bonchev–Trinajstić information content (AvgIpc) is 2.76. The summed E-state index contributed by atoms with van der Waals surface area (Å²) in [6, 6.07) is 5.92. The first-order valence-corrected chi connectivity index (χ1v) is 5.62. The molecule has 0 bridgehead atoms. The molecule has 0 saturated heterocycles. The fraction of sp³-hybridized carbons (Fsp3) is 0.231. The number of nitrogens with zero attached hydrogens (tertiary/aromatic N) is 2. The van der Waals surface area contributed by atoms with E-state index in [0.717, 1.165) is 24.2 Å². The fourth-order valence-electron chi connectivity index (χ4n) is 1.66. The smallest absolute Gasteiger partial charge is 0.243 e. The lowest BCUT2D eigenvalue weighted by molar-refractivity contribution is -0.116. The zero-order valence-electron chi connectivity index (χ0n) is 9.60. The monoisotopic (exact) mass is 229 g/mol. The summed E-state index contributed by atoms with van der Waals surface area (Å²) in [6.45, 7) is 4.05. The van der Waals surface area contributed by atoms with Crippen LogP contribution in [0.5, 0.6) is 0 Å². The van der Waals surface area contributed by atoms with Crippen molar-refractivity contribution in [3.8, 4) is 0 Å². The maximum Gasteiger partial charge on any atom is 0.243 e. The summed E-state index contributed by atoms with van der Waals surface area (Å²) in [5, 5.41) is 2.74. The average molecular weight is 229 g/mol. The fourth-order valence-corrected chi connectivity index (χ4v) is 1.66. The molecule has 4 nitrogen and oxygen atoms in total. The van der Waals surface area contributed by atoms with Crippen LogP contribution in [0.25, 0.3) is 5.65 Å². The van der Waals surface area contributed by atoms with Crippen molar-refractivity contribution in [1.29, 1.82) is 0 Å². The number of aromatic nitrogens is 2. The molecule has 0 aliphatic heterocycles. The number of fused-ring (bicyclic) bond motifs is 1. The lowest BCUT2D eigenvalue weighted by Crippen LogP contribution is -2.22. The third-order valence-electron chi connectivity index (χ3n) is 2.51. The van der Waals surface area contributed by atoms with Crippen LogP contribution in [0.4, 0.5) is 0 Å². The van der Waals surface area contributed by atoms with Crippen molar-refractivity contribution in [3.05, 3.63) is 48.9 Å². The van der Waals surface area contributed by atoms with Gasteiger partial charge in [0, 0.05) is 18.9 Å². The lowest BCUT2D eigenvalue weighted by Gasteiger charge is -1.99. The van der Waals surface area contributed by atoms with Crippen LogP contribution >= 0.6 is 0 Å². The second kappa shape index (κ2) is 5.30. The SMILES string of the molecule is C=CC(=O)NCCCc1cn2ccccc2n1. The molecule has 0 unspecified atom stereocenters. The van der Waals surface area contributed by atoms with E-state index in [1.54, 1.807) is 0 Å². The van der Waals surface area contributed by atoms with Gasteiger partial charge in [-0.3, -0.25) is 4.79 Å². The molecule has 0 atom stereocenters. The normalized spacial score (nSPS) is 10.4. The number of pyridine rings is 1. The first kappa shape index (κ1) is 11.4. The van der Waals surface area contributed by atoms with Gasteiger partial charge in [-0.15, -0.1) is 0 Å². The number of carbonyl (C=O) groups is 1. The van der Waals surface area contributed by atoms with Gasteiger partial charge in [0.25, 0.3) is 0 Å². The van der Waals surface area contributed by atoms with Crippen LogP contribution in [0.3, 0.4) is 0 Å². The molecule has 88 valence electrons. The second-order valence-corrected chi connectivity index (χ2v) is 3.80. The number of rotatable bonds is 5. The molecule has 4 heteroatoms. The van der Waals surface area contributed by atoms with Gasteiger partial charge in [-0.2, -0.15) is 0 Å². The van der Waals surface area contributed by atoms with Crippen molar-refractivity contribution in [2.75, 3.05) is 6.54 Å². The first-order valence-electron chi connectivity index (χ1n) is 5.62. The standard InChI is InChI=1S/C13H15N3O/c1-2-13(17)14-8-5-6-11-10-16-9-4-3-7-12(16)15-11/h2-4,7,9-10H,1,5-6,8H2,(H,14,17). The van der Waals surface area contributed by atoms with Crippen molar-refractivity contribution in [2.45, 2.75) is 12.8 Å². The predicted octanol–water partition coefficient (Wildman–Crippen LogP) is 1.57. The molecule has 2 rings (SSSR count). The molecular formula is C13H15N3O. The molecule has 1 amide bonds. The molecule has 1 N–H and O–H groups in total. The highest BCUT2D eigenvalue weighted by Gasteiger charge is 2.00. The zero-order chi connectivity index (χ0) is 12.1. The van der Waals surface area contributed by atoms with Crippen LogP contribution in [0.2, 0.25) is 0 Å². The Kier molecular flexibility index (Phi) is 3.55. The van der Waals surface area contributed by atoms with Crippen molar-refractivity contribution in [2.24, 2.45) is 0 Å². The molecule has 2 aromatic heterocycles. The van der Waals surface area contributed by atoms with Crippen molar-refractivity contribution in [3.63, 3.8) is 0 Å². The minimum Gasteiger partial charge on any atom is -0.353 e. The van der Waals surface area contributed by atoms with Gasteiger partial charge < -0.3 is 9.72 Å². The van der Waals surface area contributed by atoms with E-state index in [1.165, 1.54) is 6.08 Å². The number of hydrogen-bond donors (Lipinski definition) is 1. The van der Waals surface area contributed by atoms with Crippen molar-refractivity contribution >= 4 is 11.6 Å². The number of nitrogens with one attached hydrogen (secondary N) is 1. The van der Waals surface area contributed by atoms with E-state index in [2.05, 4.69) is 16.9 Å². The van der Waals surface area contributed by atoms with Crippen LogP contribution in [0.1, 0.15) is 12.1 Å². The summed E-state index contributed by atoms with van der Waals surface area (Å²) >= 11 is 0. The highest BCUT2D eigenvalue weighted by Crippen LogP contribution is 2.06. The molecule has 2 aromatic rings. The van der Waals surface area contributed by atoms with E-state index >= 15 is 0 Å². The van der Waals surface area contributed by atoms with E-state index < -0.39 is 0 Å². The van der Waals surface area contributed by atoms with Gasteiger partial charge in [0.1, 0.15) is 5.65 Å². The minimum absolute atomic E-state index is 0.125. The Labute approximate surface area is 100.0 Å². The van der Waals surface area contributed by atoms with Gasteiger partial charge >= 0.3 is 0 Å². The molecule has 0 fully saturated rings. The van der Waals surface area contributed by atoms with Gasteiger partial charge in [-0.05, 0) is 31.1 Å². The van der Waals surface area contributed by atoms with Crippen LogP contribution in [0.15, 0.2) is 43.2 Å². The molecule has 0 spiro atoms. The summed E-state index contributed by atoms with van der Waals surface area (Å²) in [5.41, 5.74) is 2.00. The number of imidazole rings is 1. The van der Waals surface area contributed by atoms with Crippen LogP contribution < -0.4 is 5.32 Å². The van der Waals surface area contributed by atoms with E-state index in [4.69, 9.17) is 0 Å². The number of hydrogen-bond acceptors (Lipinski definition) is 2. The van der Waals surface area contributed by atoms with Gasteiger partial charge in [0.2, 0.25) is 5.91 Å². The maximum atomic E-state index is 10.9. The highest BCUT2D eigenvalue weighted by atomic mass is 16.1. The second-order valence-electron chi connectivity index (χ2n) is 3.80. The van der Waals surface area contributed by atoms with Gasteiger partial charge in [0.15, 0.2) is 0 Å². The maximum absolute atomic E-state index is 10.9. The molecule has 0 saturated carbocycles. The third-order valence-corrected chi connectivity index (χ3v) is 2.51. The Bertz CT molecular complexity index is 497. The summed E-state index contributed by atoms with van der Waals surface area (Å²) in [5.74, 6) is -0.125. The quantitative estimate of drug-likeness (QED) is 0.625. The van der Waals surface area contributed by atoms with Crippen molar-refractivity contribution in [1.82, 2.24) is 14.7 Å². The van der Waals surface area contributed by atoms with Gasteiger partial charge in [0.05, 0.1) is 5.69 Å². The van der Waals surface area contributed by atoms with Crippen molar-refractivity contribution < 1.29 is 4.79 Å². The van der Waals surface area contributed by atoms with Crippen LogP contribution in [0, 0.1) is 0 Å². The summed E-state index contributed by atoms with van der Waals surface area (Å²) < 4.78 is 2.00. The molecular weight excluding hydrogens is 214 g/mol. The lowest BCUT2D eigenvalue weighted by atomic mass is 10.2. The van der Waals surface area contributed by atoms with E-state index in [-0.39, 0.29) is 5.91 Å². The molecule has 2 heterocycles. The van der Waals surface area contributed by atoms with E-state index in [0.29, 0.717) is 6.54 Å². The summed E-state index contributed by atoms with van der Waals surface area (Å²) in [4.78, 5) is 15.4. The number of aryl methyl sites for hydroxylation is 1. The van der Waals surface area contributed by atoms with E-state index in [1.807, 2.05) is 35.0 Å². The number of amides is 1. The molecule has 0 radical (unpaired) electrons. The highest BCUT2D eigenvalue weighted by molar-refractivity contribution is 5.86. The Hall–Kier alpha value is -2.10. The minimum atomic E-state index is -0.125.